The third-order valence-electron chi connectivity index (χ3n) is 4.32. The Morgan fingerprint density at radius 2 is 1.92 bits per heavy atom. The topological polar surface area (TPSA) is 78.5 Å². The van der Waals surface area contributed by atoms with Gasteiger partial charge in [0.1, 0.15) is 12.1 Å². The largest absolute Gasteiger partial charge is 0.355 e. The Morgan fingerprint density at radius 3 is 2.50 bits per heavy atom. The first-order chi connectivity index (χ1) is 11.4. The Kier molecular flexibility index (Phi) is 5.59. The summed E-state index contributed by atoms with van der Waals surface area (Å²) in [7, 11) is 0. The van der Waals surface area contributed by atoms with E-state index in [1.54, 1.807) is 0 Å². The van der Waals surface area contributed by atoms with Crippen LogP contribution in [0.2, 0.25) is 0 Å². The molecule has 1 aliphatic rings. The fourth-order valence-electron chi connectivity index (χ4n) is 2.83. The standard InChI is InChI=1S/C18H25N3O3/c1-4-18(14-8-6-5-7-9-14)16(23)21(17(24)20-18)12-15(22)19-11-10-13(2)3/h5-9,13H,4,10-12H2,1-3H3,(H,19,22)(H,20,24). The summed E-state index contributed by atoms with van der Waals surface area (Å²) >= 11 is 0. The summed E-state index contributed by atoms with van der Waals surface area (Å²) in [6.07, 6.45) is 1.28. The summed E-state index contributed by atoms with van der Waals surface area (Å²) in [5, 5.41) is 5.52. The lowest BCUT2D eigenvalue weighted by atomic mass is 9.87. The Balaban J connectivity index is 2.09. The second-order valence-corrected chi connectivity index (χ2v) is 6.48. The fraction of sp³-hybridized carbons (Fsp3) is 0.500. The molecule has 0 radical (unpaired) electrons. The molecule has 1 atom stereocenters. The summed E-state index contributed by atoms with van der Waals surface area (Å²) < 4.78 is 0. The van der Waals surface area contributed by atoms with Gasteiger partial charge in [-0.3, -0.25) is 14.5 Å². The second-order valence-electron chi connectivity index (χ2n) is 6.48. The molecule has 0 spiro atoms. The third-order valence-corrected chi connectivity index (χ3v) is 4.32. The van der Waals surface area contributed by atoms with Crippen LogP contribution in [0.4, 0.5) is 4.79 Å². The van der Waals surface area contributed by atoms with Gasteiger partial charge in [-0.25, -0.2) is 4.79 Å². The number of carbonyl (C=O) groups is 3. The van der Waals surface area contributed by atoms with E-state index in [4.69, 9.17) is 0 Å². The highest BCUT2D eigenvalue weighted by molar-refractivity contribution is 6.09. The van der Waals surface area contributed by atoms with Crippen LogP contribution in [0.1, 0.15) is 39.2 Å². The molecule has 6 nitrogen and oxygen atoms in total. The summed E-state index contributed by atoms with van der Waals surface area (Å²) in [6.45, 7) is 6.27. The minimum absolute atomic E-state index is 0.253. The molecule has 1 unspecified atom stereocenters. The summed E-state index contributed by atoms with van der Waals surface area (Å²) in [4.78, 5) is 38.1. The zero-order valence-corrected chi connectivity index (χ0v) is 14.5. The van der Waals surface area contributed by atoms with Crippen molar-refractivity contribution in [1.82, 2.24) is 15.5 Å². The van der Waals surface area contributed by atoms with Gasteiger partial charge in [-0.2, -0.15) is 0 Å². The van der Waals surface area contributed by atoms with Gasteiger partial charge >= 0.3 is 6.03 Å². The van der Waals surface area contributed by atoms with Gasteiger partial charge in [-0.1, -0.05) is 51.1 Å². The van der Waals surface area contributed by atoms with Gasteiger partial charge in [-0.05, 0) is 24.3 Å². The molecule has 0 aliphatic carbocycles. The van der Waals surface area contributed by atoms with E-state index in [-0.39, 0.29) is 18.4 Å². The van der Waals surface area contributed by atoms with Crippen LogP contribution >= 0.6 is 0 Å². The number of nitrogens with one attached hydrogen (secondary N) is 2. The van der Waals surface area contributed by atoms with Gasteiger partial charge < -0.3 is 10.6 Å². The fourth-order valence-corrected chi connectivity index (χ4v) is 2.83. The molecule has 1 aromatic rings. The maximum Gasteiger partial charge on any atom is 0.325 e. The van der Waals surface area contributed by atoms with Crippen molar-refractivity contribution in [1.29, 1.82) is 0 Å². The van der Waals surface area contributed by atoms with Crippen molar-refractivity contribution in [2.75, 3.05) is 13.1 Å². The molecule has 2 N–H and O–H groups in total. The van der Waals surface area contributed by atoms with Crippen molar-refractivity contribution in [3.8, 4) is 0 Å². The number of nitrogens with zero attached hydrogens (tertiary/aromatic N) is 1. The summed E-state index contributed by atoms with van der Waals surface area (Å²) in [6, 6.07) is 8.61. The number of hydrogen-bond donors (Lipinski definition) is 2. The van der Waals surface area contributed by atoms with Crippen molar-refractivity contribution in [2.45, 2.75) is 39.2 Å². The first-order valence-electron chi connectivity index (χ1n) is 8.37. The number of rotatable bonds is 7. The van der Waals surface area contributed by atoms with E-state index in [1.165, 1.54) is 0 Å². The monoisotopic (exact) mass is 331 g/mol. The van der Waals surface area contributed by atoms with Crippen LogP contribution in [0, 0.1) is 5.92 Å². The molecule has 1 aromatic carbocycles. The van der Waals surface area contributed by atoms with Gasteiger partial charge in [0.25, 0.3) is 5.91 Å². The van der Waals surface area contributed by atoms with Crippen LogP contribution in [0.5, 0.6) is 0 Å². The van der Waals surface area contributed by atoms with Crippen molar-refractivity contribution >= 4 is 17.8 Å². The van der Waals surface area contributed by atoms with Crippen molar-refractivity contribution < 1.29 is 14.4 Å². The minimum Gasteiger partial charge on any atom is -0.355 e. The Morgan fingerprint density at radius 1 is 1.25 bits per heavy atom. The Hall–Kier alpha value is -2.37. The molecule has 0 saturated carbocycles. The Bertz CT molecular complexity index is 615. The number of hydrogen-bond acceptors (Lipinski definition) is 3. The van der Waals surface area contributed by atoms with Gasteiger partial charge in [-0.15, -0.1) is 0 Å². The van der Waals surface area contributed by atoms with E-state index in [0.717, 1.165) is 16.9 Å². The quantitative estimate of drug-likeness (QED) is 0.750. The average molecular weight is 331 g/mol. The predicted octanol–water partition coefficient (Wildman–Crippen LogP) is 2.01. The lowest BCUT2D eigenvalue weighted by Crippen LogP contribution is -2.45. The van der Waals surface area contributed by atoms with Crippen LogP contribution in [-0.2, 0) is 15.1 Å². The number of imide groups is 1. The molecule has 1 heterocycles. The van der Waals surface area contributed by atoms with Gasteiger partial charge in [0.05, 0.1) is 0 Å². The maximum atomic E-state index is 12.8. The lowest BCUT2D eigenvalue weighted by molar-refractivity contribution is -0.135. The van der Waals surface area contributed by atoms with Crippen LogP contribution in [0.15, 0.2) is 30.3 Å². The molecule has 1 aliphatic heterocycles. The molecule has 130 valence electrons. The highest BCUT2D eigenvalue weighted by Crippen LogP contribution is 2.32. The first-order valence-corrected chi connectivity index (χ1v) is 8.37. The maximum absolute atomic E-state index is 12.8. The van der Waals surface area contributed by atoms with Crippen LogP contribution in [0.3, 0.4) is 0 Å². The normalized spacial score (nSPS) is 20.4. The molecule has 0 bridgehead atoms. The molecule has 1 saturated heterocycles. The molecular weight excluding hydrogens is 306 g/mol. The van der Waals surface area contributed by atoms with E-state index in [0.29, 0.717) is 18.9 Å². The van der Waals surface area contributed by atoms with Crippen LogP contribution in [0.25, 0.3) is 0 Å². The number of urea groups is 1. The molecule has 6 heteroatoms. The third kappa shape index (κ3) is 3.58. The second kappa shape index (κ2) is 7.47. The van der Waals surface area contributed by atoms with Crippen LogP contribution < -0.4 is 10.6 Å². The SMILES string of the molecule is CCC1(c2ccccc2)NC(=O)N(CC(=O)NCCC(C)C)C1=O. The summed E-state index contributed by atoms with van der Waals surface area (Å²) in [5.41, 5.74) is -0.357. The zero-order chi connectivity index (χ0) is 17.7. The van der Waals surface area contributed by atoms with E-state index in [2.05, 4.69) is 24.5 Å². The first kappa shape index (κ1) is 18.0. The predicted molar refractivity (Wildman–Crippen MR) is 91.1 cm³/mol. The van der Waals surface area contributed by atoms with E-state index < -0.39 is 11.6 Å². The van der Waals surface area contributed by atoms with E-state index >= 15 is 0 Å². The summed E-state index contributed by atoms with van der Waals surface area (Å²) in [5.74, 6) is -0.216. The minimum atomic E-state index is -1.09. The molecular formula is C18H25N3O3. The van der Waals surface area contributed by atoms with Gasteiger partial charge in [0.2, 0.25) is 5.91 Å². The number of benzene rings is 1. The molecule has 4 amide bonds. The molecule has 0 aromatic heterocycles. The van der Waals surface area contributed by atoms with E-state index in [9.17, 15) is 14.4 Å². The van der Waals surface area contributed by atoms with Crippen molar-refractivity contribution in [2.24, 2.45) is 5.92 Å². The van der Waals surface area contributed by atoms with Crippen molar-refractivity contribution in [3.05, 3.63) is 35.9 Å². The lowest BCUT2D eigenvalue weighted by Gasteiger charge is -2.25. The highest BCUT2D eigenvalue weighted by atomic mass is 16.2. The zero-order valence-electron chi connectivity index (χ0n) is 14.5. The number of carbonyl (C=O) groups excluding carboxylic acids is 3. The average Bonchev–Trinajstić information content (AvgIpc) is 2.80. The van der Waals surface area contributed by atoms with E-state index in [1.807, 2.05) is 37.3 Å². The highest BCUT2D eigenvalue weighted by Gasteiger charge is 2.51. The van der Waals surface area contributed by atoms with Gasteiger partial charge in [0, 0.05) is 6.54 Å². The smallest absolute Gasteiger partial charge is 0.325 e. The molecule has 2 rings (SSSR count). The molecule has 24 heavy (non-hydrogen) atoms. The molecule has 1 fully saturated rings. The Labute approximate surface area is 142 Å². The van der Waals surface area contributed by atoms with Gasteiger partial charge in [0.15, 0.2) is 0 Å². The van der Waals surface area contributed by atoms with Crippen molar-refractivity contribution in [3.63, 3.8) is 0 Å². The number of amides is 4. The van der Waals surface area contributed by atoms with Crippen LogP contribution in [-0.4, -0.2) is 35.8 Å².